The summed E-state index contributed by atoms with van der Waals surface area (Å²) in [4.78, 5) is 0. The fraction of sp³-hybridized carbons (Fsp3) is 0.0286. The molecular formula is C35H28BrN. The Morgan fingerprint density at radius 1 is 0.541 bits per heavy atom. The summed E-state index contributed by atoms with van der Waals surface area (Å²) in [6.07, 6.45) is 5.87. The SMILES string of the molecule is C/C=C\C=C(/N)c1cccc(-c2ccc(-c3cccc(-c4cccc(-c5cccc(Br)c5)c4)c3)cc2)c1. The Bertz CT molecular complexity index is 1590. The van der Waals surface area contributed by atoms with Crippen LogP contribution in [0.1, 0.15) is 12.5 Å². The summed E-state index contributed by atoms with van der Waals surface area (Å²) < 4.78 is 1.08. The smallest absolute Gasteiger partial charge is 0.0387 e. The van der Waals surface area contributed by atoms with Crippen molar-refractivity contribution in [1.82, 2.24) is 0 Å². The molecule has 0 atom stereocenters. The molecule has 2 N–H and O–H groups in total. The molecule has 5 aromatic rings. The maximum atomic E-state index is 6.25. The number of halogens is 1. The van der Waals surface area contributed by atoms with Crippen LogP contribution in [0.5, 0.6) is 0 Å². The first kappa shape index (κ1) is 24.5. The lowest BCUT2D eigenvalue weighted by Crippen LogP contribution is -1.95. The molecular weight excluding hydrogens is 514 g/mol. The quantitative estimate of drug-likeness (QED) is 0.212. The maximum absolute atomic E-state index is 6.25. The topological polar surface area (TPSA) is 26.0 Å². The molecule has 5 rings (SSSR count). The lowest BCUT2D eigenvalue weighted by Gasteiger charge is -2.10. The van der Waals surface area contributed by atoms with Gasteiger partial charge in [0.2, 0.25) is 0 Å². The fourth-order valence-electron chi connectivity index (χ4n) is 4.45. The Hall–Kier alpha value is -4.14. The zero-order valence-electron chi connectivity index (χ0n) is 20.7. The Balaban J connectivity index is 1.41. The monoisotopic (exact) mass is 541 g/mol. The third-order valence-corrected chi connectivity index (χ3v) is 6.93. The highest BCUT2D eigenvalue weighted by Gasteiger charge is 2.06. The largest absolute Gasteiger partial charge is 0.398 e. The van der Waals surface area contributed by atoms with E-state index in [9.17, 15) is 0 Å². The van der Waals surface area contributed by atoms with E-state index in [1.165, 1.54) is 38.9 Å². The molecule has 0 amide bonds. The van der Waals surface area contributed by atoms with Crippen LogP contribution < -0.4 is 5.73 Å². The number of hydrogen-bond acceptors (Lipinski definition) is 1. The molecule has 0 fully saturated rings. The van der Waals surface area contributed by atoms with Crippen LogP contribution in [-0.4, -0.2) is 0 Å². The highest BCUT2D eigenvalue weighted by molar-refractivity contribution is 9.10. The average Bonchev–Trinajstić information content (AvgIpc) is 2.96. The van der Waals surface area contributed by atoms with Crippen LogP contribution >= 0.6 is 15.9 Å². The van der Waals surface area contributed by atoms with Gasteiger partial charge in [0.25, 0.3) is 0 Å². The van der Waals surface area contributed by atoms with E-state index in [2.05, 4.69) is 131 Å². The number of hydrogen-bond donors (Lipinski definition) is 1. The van der Waals surface area contributed by atoms with Gasteiger partial charge in [0.05, 0.1) is 0 Å². The first-order valence-electron chi connectivity index (χ1n) is 12.4. The Morgan fingerprint density at radius 3 is 1.49 bits per heavy atom. The second-order valence-corrected chi connectivity index (χ2v) is 9.89. The van der Waals surface area contributed by atoms with Gasteiger partial charge < -0.3 is 5.73 Å². The lowest BCUT2D eigenvalue weighted by atomic mass is 9.95. The van der Waals surface area contributed by atoms with Crippen LogP contribution in [0.3, 0.4) is 0 Å². The average molecular weight is 543 g/mol. The minimum absolute atomic E-state index is 0.761. The number of nitrogens with two attached hydrogens (primary N) is 1. The molecule has 0 saturated heterocycles. The molecule has 0 bridgehead atoms. The molecule has 180 valence electrons. The Kier molecular flexibility index (Phi) is 7.49. The van der Waals surface area contributed by atoms with E-state index in [1.807, 2.05) is 31.2 Å². The van der Waals surface area contributed by atoms with Gasteiger partial charge in [0, 0.05) is 10.2 Å². The molecule has 2 heteroatoms. The second kappa shape index (κ2) is 11.3. The van der Waals surface area contributed by atoms with Crippen molar-refractivity contribution in [2.24, 2.45) is 5.73 Å². The van der Waals surface area contributed by atoms with Gasteiger partial charge in [0.15, 0.2) is 0 Å². The van der Waals surface area contributed by atoms with E-state index in [0.29, 0.717) is 0 Å². The summed E-state index contributed by atoms with van der Waals surface area (Å²) in [7, 11) is 0. The molecule has 1 nitrogen and oxygen atoms in total. The second-order valence-electron chi connectivity index (χ2n) is 8.98. The number of allylic oxidation sites excluding steroid dienone is 3. The van der Waals surface area contributed by atoms with Crippen LogP contribution in [0.25, 0.3) is 50.2 Å². The van der Waals surface area contributed by atoms with Crippen LogP contribution in [0.2, 0.25) is 0 Å². The lowest BCUT2D eigenvalue weighted by molar-refractivity contribution is 1.50. The van der Waals surface area contributed by atoms with Crippen LogP contribution in [-0.2, 0) is 0 Å². The van der Waals surface area contributed by atoms with Crippen molar-refractivity contribution in [3.8, 4) is 44.5 Å². The van der Waals surface area contributed by atoms with E-state index in [1.54, 1.807) is 0 Å². The normalized spacial score (nSPS) is 11.7. The van der Waals surface area contributed by atoms with Crippen molar-refractivity contribution in [2.75, 3.05) is 0 Å². The first-order valence-corrected chi connectivity index (χ1v) is 13.2. The molecule has 0 spiro atoms. The predicted molar refractivity (Wildman–Crippen MR) is 163 cm³/mol. The zero-order chi connectivity index (χ0) is 25.6. The predicted octanol–water partition coefficient (Wildman–Crippen LogP) is 9.99. The van der Waals surface area contributed by atoms with Gasteiger partial charge in [-0.3, -0.25) is 0 Å². The van der Waals surface area contributed by atoms with Gasteiger partial charge in [0.1, 0.15) is 0 Å². The van der Waals surface area contributed by atoms with Gasteiger partial charge in [-0.15, -0.1) is 0 Å². The minimum Gasteiger partial charge on any atom is -0.398 e. The van der Waals surface area contributed by atoms with E-state index >= 15 is 0 Å². The Labute approximate surface area is 227 Å². The molecule has 0 aromatic heterocycles. The Morgan fingerprint density at radius 2 is 0.973 bits per heavy atom. The summed E-state index contributed by atoms with van der Waals surface area (Å²) in [5.41, 5.74) is 17.6. The maximum Gasteiger partial charge on any atom is 0.0387 e. The summed E-state index contributed by atoms with van der Waals surface area (Å²) in [6.45, 7) is 1.98. The molecule has 37 heavy (non-hydrogen) atoms. The molecule has 0 unspecified atom stereocenters. The number of benzene rings is 5. The van der Waals surface area contributed by atoms with E-state index in [-0.39, 0.29) is 0 Å². The summed E-state index contributed by atoms with van der Waals surface area (Å²) >= 11 is 3.59. The molecule has 0 radical (unpaired) electrons. The third kappa shape index (κ3) is 5.82. The molecule has 5 aromatic carbocycles. The standard InChI is InChI=1S/C35H28BrN/c1-2-3-16-35(37)33-14-6-9-28(23-33)26-19-17-25(18-20-26)27-8-4-10-29(21-27)30-11-5-12-31(22-30)32-13-7-15-34(36)24-32/h2-24H,37H2,1H3/b3-2-,35-16-. The molecule has 0 aliphatic heterocycles. The van der Waals surface area contributed by atoms with E-state index in [4.69, 9.17) is 5.73 Å². The van der Waals surface area contributed by atoms with Crippen molar-refractivity contribution < 1.29 is 0 Å². The van der Waals surface area contributed by atoms with Crippen molar-refractivity contribution in [2.45, 2.75) is 6.92 Å². The van der Waals surface area contributed by atoms with Gasteiger partial charge in [-0.25, -0.2) is 0 Å². The van der Waals surface area contributed by atoms with E-state index < -0.39 is 0 Å². The van der Waals surface area contributed by atoms with E-state index in [0.717, 1.165) is 21.3 Å². The fourth-order valence-corrected chi connectivity index (χ4v) is 4.85. The summed E-state index contributed by atoms with van der Waals surface area (Å²) in [5, 5.41) is 0. The van der Waals surface area contributed by atoms with Crippen LogP contribution in [0, 0.1) is 0 Å². The van der Waals surface area contributed by atoms with Crippen molar-refractivity contribution in [1.29, 1.82) is 0 Å². The van der Waals surface area contributed by atoms with Crippen LogP contribution in [0.4, 0.5) is 0 Å². The van der Waals surface area contributed by atoms with Crippen molar-refractivity contribution in [3.05, 3.63) is 150 Å². The number of rotatable bonds is 6. The van der Waals surface area contributed by atoms with Gasteiger partial charge in [-0.2, -0.15) is 0 Å². The summed E-state index contributed by atoms with van der Waals surface area (Å²) in [5.74, 6) is 0. The van der Waals surface area contributed by atoms with Gasteiger partial charge in [-0.1, -0.05) is 119 Å². The molecule has 0 heterocycles. The highest BCUT2D eigenvalue weighted by atomic mass is 79.9. The molecule has 0 aliphatic rings. The minimum atomic E-state index is 0.761. The molecule has 0 aliphatic carbocycles. The summed E-state index contributed by atoms with van der Waals surface area (Å²) in [6, 6.07) is 43.0. The van der Waals surface area contributed by atoms with Crippen LogP contribution in [0.15, 0.2) is 144 Å². The zero-order valence-corrected chi connectivity index (χ0v) is 22.3. The third-order valence-electron chi connectivity index (χ3n) is 6.43. The first-order chi connectivity index (χ1) is 18.1. The highest BCUT2D eigenvalue weighted by Crippen LogP contribution is 2.32. The van der Waals surface area contributed by atoms with Crippen molar-refractivity contribution >= 4 is 21.6 Å². The van der Waals surface area contributed by atoms with Crippen molar-refractivity contribution in [3.63, 3.8) is 0 Å². The van der Waals surface area contributed by atoms with Gasteiger partial charge >= 0.3 is 0 Å². The van der Waals surface area contributed by atoms with Gasteiger partial charge in [-0.05, 0) is 93.4 Å². The molecule has 0 saturated carbocycles.